The van der Waals surface area contributed by atoms with E-state index in [1.165, 1.54) is 19.3 Å². The van der Waals surface area contributed by atoms with Crippen molar-refractivity contribution in [3.05, 3.63) is 17.5 Å². The highest BCUT2D eigenvalue weighted by atomic mass is 16.2. The molecule has 1 aromatic heterocycles. The number of carbonyl (C=O) groups excluding carboxylic acids is 2. The van der Waals surface area contributed by atoms with Crippen LogP contribution in [0.3, 0.4) is 0 Å². The SMILES string of the molecule is CCn1nc(C)cc1C(=O)N1CC[C@@]2(CCCN(C3CCCCC3)C2=O)C1. The zero-order valence-electron chi connectivity index (χ0n) is 16.7. The molecule has 148 valence electrons. The number of aromatic nitrogens is 2. The Morgan fingerprint density at radius 1 is 1.19 bits per heavy atom. The van der Waals surface area contributed by atoms with E-state index >= 15 is 0 Å². The fourth-order valence-corrected chi connectivity index (χ4v) is 5.39. The molecule has 1 atom stereocenters. The van der Waals surface area contributed by atoms with Crippen molar-refractivity contribution in [3.63, 3.8) is 0 Å². The van der Waals surface area contributed by atoms with E-state index in [0.29, 0.717) is 37.3 Å². The first-order valence-electron chi connectivity index (χ1n) is 10.7. The standard InChI is InChI=1S/C21H32N4O2/c1-3-25-18(14-16(2)22-25)19(26)23-13-11-21(15-23)10-7-12-24(20(21)27)17-8-5-4-6-9-17/h14,17H,3-13,15H2,1-2H3/t21-/m0/s1. The second-order valence-corrected chi connectivity index (χ2v) is 8.64. The monoisotopic (exact) mass is 372 g/mol. The lowest BCUT2D eigenvalue weighted by molar-refractivity contribution is -0.149. The predicted octanol–water partition coefficient (Wildman–Crippen LogP) is 3.00. The van der Waals surface area contributed by atoms with Crippen LogP contribution in [-0.2, 0) is 11.3 Å². The fourth-order valence-electron chi connectivity index (χ4n) is 5.39. The number of rotatable bonds is 3. The van der Waals surface area contributed by atoms with Crippen LogP contribution in [0.1, 0.15) is 74.5 Å². The second-order valence-electron chi connectivity index (χ2n) is 8.64. The second kappa shape index (κ2) is 7.28. The fraction of sp³-hybridized carbons (Fsp3) is 0.762. The topological polar surface area (TPSA) is 58.4 Å². The summed E-state index contributed by atoms with van der Waals surface area (Å²) < 4.78 is 1.78. The zero-order valence-corrected chi connectivity index (χ0v) is 16.7. The van der Waals surface area contributed by atoms with Crippen molar-refractivity contribution in [1.82, 2.24) is 19.6 Å². The van der Waals surface area contributed by atoms with Gasteiger partial charge in [0.25, 0.3) is 5.91 Å². The van der Waals surface area contributed by atoms with Crippen LogP contribution >= 0.6 is 0 Å². The number of nitrogens with zero attached hydrogens (tertiary/aromatic N) is 4. The van der Waals surface area contributed by atoms with Crippen LogP contribution in [0.4, 0.5) is 0 Å². The van der Waals surface area contributed by atoms with Gasteiger partial charge in [-0.15, -0.1) is 0 Å². The van der Waals surface area contributed by atoms with Gasteiger partial charge in [0, 0.05) is 32.2 Å². The first-order chi connectivity index (χ1) is 13.0. The third-order valence-corrected chi connectivity index (χ3v) is 6.85. The van der Waals surface area contributed by atoms with Crippen LogP contribution in [0.25, 0.3) is 0 Å². The summed E-state index contributed by atoms with van der Waals surface area (Å²) in [6.07, 6.45) is 8.88. The average molecular weight is 373 g/mol. The third-order valence-electron chi connectivity index (χ3n) is 6.85. The number of hydrogen-bond acceptors (Lipinski definition) is 3. The molecule has 3 aliphatic rings. The van der Waals surface area contributed by atoms with Gasteiger partial charge < -0.3 is 9.80 Å². The molecule has 2 amide bonds. The number of likely N-dealkylation sites (tertiary alicyclic amines) is 2. The lowest BCUT2D eigenvalue weighted by atomic mass is 9.77. The van der Waals surface area contributed by atoms with Gasteiger partial charge in [-0.3, -0.25) is 14.3 Å². The van der Waals surface area contributed by atoms with Crippen molar-refractivity contribution in [1.29, 1.82) is 0 Å². The van der Waals surface area contributed by atoms with Gasteiger partial charge in [0.15, 0.2) is 0 Å². The predicted molar refractivity (Wildman–Crippen MR) is 103 cm³/mol. The Hall–Kier alpha value is -1.85. The maximum atomic E-state index is 13.5. The van der Waals surface area contributed by atoms with Gasteiger partial charge in [-0.05, 0) is 52.0 Å². The van der Waals surface area contributed by atoms with Crippen LogP contribution in [0, 0.1) is 12.3 Å². The van der Waals surface area contributed by atoms with Crippen LogP contribution in [0.2, 0.25) is 0 Å². The highest BCUT2D eigenvalue weighted by molar-refractivity contribution is 5.94. The molecule has 0 bridgehead atoms. The maximum absolute atomic E-state index is 13.5. The van der Waals surface area contributed by atoms with E-state index in [1.807, 2.05) is 24.8 Å². The highest BCUT2D eigenvalue weighted by Gasteiger charge is 2.50. The summed E-state index contributed by atoms with van der Waals surface area (Å²) in [7, 11) is 0. The summed E-state index contributed by atoms with van der Waals surface area (Å²) in [5.74, 6) is 0.341. The summed E-state index contributed by atoms with van der Waals surface area (Å²) in [6.45, 7) is 6.75. The van der Waals surface area contributed by atoms with Crippen LogP contribution in [-0.4, -0.2) is 57.1 Å². The summed E-state index contributed by atoms with van der Waals surface area (Å²) in [5, 5.41) is 4.41. The minimum atomic E-state index is -0.350. The number of hydrogen-bond donors (Lipinski definition) is 0. The molecule has 1 spiro atoms. The van der Waals surface area contributed by atoms with Crippen molar-refractivity contribution in [2.24, 2.45) is 5.41 Å². The Kier molecular flexibility index (Phi) is 4.99. The Morgan fingerprint density at radius 2 is 1.96 bits per heavy atom. The zero-order chi connectivity index (χ0) is 19.0. The van der Waals surface area contributed by atoms with E-state index in [9.17, 15) is 9.59 Å². The van der Waals surface area contributed by atoms with Gasteiger partial charge in [0.05, 0.1) is 11.1 Å². The Bertz CT molecular complexity index is 722. The van der Waals surface area contributed by atoms with Gasteiger partial charge >= 0.3 is 0 Å². The largest absolute Gasteiger partial charge is 0.339 e. The molecule has 1 saturated carbocycles. The Morgan fingerprint density at radius 3 is 2.70 bits per heavy atom. The molecule has 4 rings (SSSR count). The average Bonchev–Trinajstić information content (AvgIpc) is 3.28. The van der Waals surface area contributed by atoms with Crippen molar-refractivity contribution in [2.75, 3.05) is 19.6 Å². The number of aryl methyl sites for hydroxylation is 2. The summed E-state index contributed by atoms with van der Waals surface area (Å²) in [5.41, 5.74) is 1.17. The van der Waals surface area contributed by atoms with Crippen molar-refractivity contribution >= 4 is 11.8 Å². The summed E-state index contributed by atoms with van der Waals surface area (Å²) in [4.78, 5) is 30.6. The molecule has 1 aliphatic carbocycles. The molecule has 6 heteroatoms. The van der Waals surface area contributed by atoms with E-state index in [2.05, 4.69) is 10.00 Å². The minimum absolute atomic E-state index is 0.0249. The first-order valence-corrected chi connectivity index (χ1v) is 10.7. The maximum Gasteiger partial charge on any atom is 0.272 e. The molecule has 0 radical (unpaired) electrons. The summed E-state index contributed by atoms with van der Waals surface area (Å²) >= 11 is 0. The number of amides is 2. The van der Waals surface area contributed by atoms with Gasteiger partial charge in [0.2, 0.25) is 5.91 Å². The molecular weight excluding hydrogens is 340 g/mol. The minimum Gasteiger partial charge on any atom is -0.339 e. The normalized spacial score (nSPS) is 27.0. The lowest BCUT2D eigenvalue weighted by Crippen LogP contribution is -2.54. The molecular formula is C21H32N4O2. The van der Waals surface area contributed by atoms with Gasteiger partial charge in [-0.1, -0.05) is 19.3 Å². The van der Waals surface area contributed by atoms with Crippen molar-refractivity contribution < 1.29 is 9.59 Å². The molecule has 27 heavy (non-hydrogen) atoms. The third kappa shape index (κ3) is 3.27. The molecule has 3 heterocycles. The molecule has 1 aromatic rings. The van der Waals surface area contributed by atoms with Crippen molar-refractivity contribution in [2.45, 2.75) is 77.8 Å². The Balaban J connectivity index is 1.50. The van der Waals surface area contributed by atoms with Crippen molar-refractivity contribution in [3.8, 4) is 0 Å². The molecule has 0 aromatic carbocycles. The van der Waals surface area contributed by atoms with E-state index in [0.717, 1.165) is 44.3 Å². The number of carbonyl (C=O) groups is 2. The molecule has 0 N–H and O–H groups in total. The first kappa shape index (κ1) is 18.5. The van der Waals surface area contributed by atoms with E-state index in [1.54, 1.807) is 4.68 Å². The van der Waals surface area contributed by atoms with Gasteiger partial charge in [0.1, 0.15) is 5.69 Å². The quantitative estimate of drug-likeness (QED) is 0.819. The Labute approximate surface area is 161 Å². The van der Waals surface area contributed by atoms with E-state index in [-0.39, 0.29) is 11.3 Å². The summed E-state index contributed by atoms with van der Waals surface area (Å²) in [6, 6.07) is 2.30. The van der Waals surface area contributed by atoms with Crippen LogP contribution < -0.4 is 0 Å². The molecule has 2 aliphatic heterocycles. The van der Waals surface area contributed by atoms with Crippen LogP contribution in [0.15, 0.2) is 6.07 Å². The lowest BCUT2D eigenvalue weighted by Gasteiger charge is -2.44. The van der Waals surface area contributed by atoms with E-state index < -0.39 is 0 Å². The van der Waals surface area contributed by atoms with Gasteiger partial charge in [-0.2, -0.15) is 5.10 Å². The number of piperidine rings is 1. The van der Waals surface area contributed by atoms with E-state index in [4.69, 9.17) is 0 Å². The molecule has 6 nitrogen and oxygen atoms in total. The smallest absolute Gasteiger partial charge is 0.272 e. The molecule has 3 fully saturated rings. The molecule has 0 unspecified atom stereocenters. The van der Waals surface area contributed by atoms with Gasteiger partial charge in [-0.25, -0.2) is 0 Å². The highest BCUT2D eigenvalue weighted by Crippen LogP contribution is 2.42. The molecule has 2 saturated heterocycles. The van der Waals surface area contributed by atoms with Crippen LogP contribution in [0.5, 0.6) is 0 Å².